The molecule has 1 aliphatic carbocycles. The molecule has 102 valence electrons. The first-order valence-electron chi connectivity index (χ1n) is 6.32. The maximum Gasteiger partial charge on any atom is 0.260 e. The molecule has 0 radical (unpaired) electrons. The van der Waals surface area contributed by atoms with E-state index in [0.29, 0.717) is 24.6 Å². The highest BCUT2D eigenvalue weighted by Crippen LogP contribution is 2.29. The van der Waals surface area contributed by atoms with E-state index >= 15 is 0 Å². The molecule has 18 heavy (non-hydrogen) atoms. The van der Waals surface area contributed by atoms with Gasteiger partial charge in [-0.15, -0.1) is 0 Å². The fourth-order valence-electron chi connectivity index (χ4n) is 2.16. The zero-order valence-electron chi connectivity index (χ0n) is 10.6. The van der Waals surface area contributed by atoms with Crippen molar-refractivity contribution in [3.05, 3.63) is 11.8 Å². The first kappa shape index (κ1) is 13.5. The van der Waals surface area contributed by atoms with Crippen molar-refractivity contribution in [3.63, 3.8) is 0 Å². The summed E-state index contributed by atoms with van der Waals surface area (Å²) in [6.07, 6.45) is 4.93. The summed E-state index contributed by atoms with van der Waals surface area (Å²) >= 11 is 0. The predicted octanol–water partition coefficient (Wildman–Crippen LogP) is 0.679. The van der Waals surface area contributed by atoms with Crippen LogP contribution in [0.25, 0.3) is 0 Å². The van der Waals surface area contributed by atoms with E-state index in [9.17, 15) is 8.42 Å². The second-order valence-corrected chi connectivity index (χ2v) is 6.56. The summed E-state index contributed by atoms with van der Waals surface area (Å²) in [6.45, 7) is 3.10. The lowest BCUT2D eigenvalue weighted by Crippen LogP contribution is -2.37. The monoisotopic (exact) mass is 272 g/mol. The van der Waals surface area contributed by atoms with Gasteiger partial charge in [-0.3, -0.25) is 5.10 Å². The second kappa shape index (κ2) is 5.38. The van der Waals surface area contributed by atoms with Crippen molar-refractivity contribution in [1.29, 1.82) is 0 Å². The molecule has 0 aromatic carbocycles. The van der Waals surface area contributed by atoms with E-state index in [4.69, 9.17) is 5.73 Å². The molecule has 2 rings (SSSR count). The van der Waals surface area contributed by atoms with Crippen molar-refractivity contribution >= 4 is 10.0 Å². The Balaban J connectivity index is 2.21. The average Bonchev–Trinajstić information content (AvgIpc) is 2.76. The molecule has 0 bridgehead atoms. The summed E-state index contributed by atoms with van der Waals surface area (Å²) in [7, 11) is -3.49. The quantitative estimate of drug-likeness (QED) is 0.796. The third-order valence-electron chi connectivity index (χ3n) is 3.54. The Morgan fingerprint density at radius 2 is 2.28 bits per heavy atom. The van der Waals surface area contributed by atoms with Gasteiger partial charge in [-0.05, 0) is 18.8 Å². The highest BCUT2D eigenvalue weighted by molar-refractivity contribution is 7.89. The van der Waals surface area contributed by atoms with Gasteiger partial charge in [0.15, 0.2) is 5.03 Å². The minimum atomic E-state index is -3.49. The number of hydrogen-bond donors (Lipinski definition) is 2. The number of nitrogens with zero attached hydrogens (tertiary/aromatic N) is 2. The Kier molecular flexibility index (Phi) is 4.04. The summed E-state index contributed by atoms with van der Waals surface area (Å²) in [5.74, 6) is 0.504. The molecule has 1 aromatic rings. The number of sulfonamides is 1. The van der Waals surface area contributed by atoms with Crippen molar-refractivity contribution in [1.82, 2.24) is 14.5 Å². The van der Waals surface area contributed by atoms with Gasteiger partial charge in [-0.1, -0.05) is 13.3 Å². The standard InChI is InChI=1S/C11H20N4O2S/c1-2-15(8-9-4-3-5-9)18(16,17)11-10(6-12)7-13-14-11/h7,9H,2-6,8,12H2,1H3,(H,13,14). The second-order valence-electron chi connectivity index (χ2n) is 4.68. The highest BCUT2D eigenvalue weighted by atomic mass is 32.2. The molecule has 3 N–H and O–H groups in total. The molecular weight excluding hydrogens is 252 g/mol. The molecule has 1 aliphatic rings. The normalized spacial score (nSPS) is 17.1. The zero-order valence-corrected chi connectivity index (χ0v) is 11.4. The van der Waals surface area contributed by atoms with E-state index < -0.39 is 10.0 Å². The lowest BCUT2D eigenvalue weighted by Gasteiger charge is -2.30. The summed E-state index contributed by atoms with van der Waals surface area (Å²) < 4.78 is 26.5. The molecule has 0 atom stereocenters. The van der Waals surface area contributed by atoms with Gasteiger partial charge < -0.3 is 5.73 Å². The summed E-state index contributed by atoms with van der Waals surface area (Å²) in [5, 5.41) is 6.48. The molecule has 0 saturated heterocycles. The lowest BCUT2D eigenvalue weighted by molar-refractivity contribution is 0.249. The fourth-order valence-corrected chi connectivity index (χ4v) is 3.80. The lowest BCUT2D eigenvalue weighted by atomic mass is 9.85. The molecule has 0 aliphatic heterocycles. The predicted molar refractivity (Wildman–Crippen MR) is 68.3 cm³/mol. The van der Waals surface area contributed by atoms with Crippen molar-refractivity contribution < 1.29 is 8.42 Å². The van der Waals surface area contributed by atoms with Gasteiger partial charge in [-0.2, -0.15) is 9.40 Å². The number of aromatic nitrogens is 2. The van der Waals surface area contributed by atoms with E-state index in [1.165, 1.54) is 16.9 Å². The van der Waals surface area contributed by atoms with Crippen LogP contribution in [0.5, 0.6) is 0 Å². The first-order chi connectivity index (χ1) is 8.59. The molecule has 1 aromatic heterocycles. The van der Waals surface area contributed by atoms with E-state index in [1.54, 1.807) is 0 Å². The molecule has 1 saturated carbocycles. The minimum Gasteiger partial charge on any atom is -0.326 e. The van der Waals surface area contributed by atoms with Gasteiger partial charge in [0.25, 0.3) is 10.0 Å². The molecule has 6 nitrogen and oxygen atoms in total. The van der Waals surface area contributed by atoms with Gasteiger partial charge in [-0.25, -0.2) is 8.42 Å². The maximum atomic E-state index is 12.5. The van der Waals surface area contributed by atoms with Gasteiger partial charge in [0, 0.05) is 25.2 Å². The van der Waals surface area contributed by atoms with Crippen LogP contribution in [0.2, 0.25) is 0 Å². The number of rotatable bonds is 6. The summed E-state index contributed by atoms with van der Waals surface area (Å²) in [5.41, 5.74) is 6.07. The third kappa shape index (κ3) is 2.43. The van der Waals surface area contributed by atoms with Crippen LogP contribution in [0.1, 0.15) is 31.7 Å². The Morgan fingerprint density at radius 1 is 1.56 bits per heavy atom. The highest BCUT2D eigenvalue weighted by Gasteiger charge is 2.30. The van der Waals surface area contributed by atoms with Crippen LogP contribution in [-0.2, 0) is 16.6 Å². The van der Waals surface area contributed by atoms with E-state index in [-0.39, 0.29) is 11.6 Å². The van der Waals surface area contributed by atoms with Crippen LogP contribution in [0.3, 0.4) is 0 Å². The van der Waals surface area contributed by atoms with Crippen LogP contribution in [0.4, 0.5) is 0 Å². The van der Waals surface area contributed by atoms with Crippen LogP contribution in [0, 0.1) is 5.92 Å². The Hall–Kier alpha value is -0.920. The SMILES string of the molecule is CCN(CC1CCC1)S(=O)(=O)c1[nH]ncc1CN. The fraction of sp³-hybridized carbons (Fsp3) is 0.727. The molecule has 7 heteroatoms. The van der Waals surface area contributed by atoms with Crippen molar-refractivity contribution in [2.45, 2.75) is 37.8 Å². The van der Waals surface area contributed by atoms with Gasteiger partial charge in [0.05, 0.1) is 6.20 Å². The van der Waals surface area contributed by atoms with Crippen molar-refractivity contribution in [2.24, 2.45) is 11.7 Å². The number of nitrogens with two attached hydrogens (primary N) is 1. The maximum absolute atomic E-state index is 12.5. The number of aromatic amines is 1. The van der Waals surface area contributed by atoms with E-state index in [1.807, 2.05) is 6.92 Å². The van der Waals surface area contributed by atoms with Gasteiger partial charge in [0.2, 0.25) is 0 Å². The zero-order chi connectivity index (χ0) is 13.2. The summed E-state index contributed by atoms with van der Waals surface area (Å²) in [4.78, 5) is 0. The first-order valence-corrected chi connectivity index (χ1v) is 7.76. The Bertz CT molecular complexity index is 493. The van der Waals surface area contributed by atoms with E-state index in [2.05, 4.69) is 10.2 Å². The van der Waals surface area contributed by atoms with E-state index in [0.717, 1.165) is 12.8 Å². The molecule has 0 spiro atoms. The summed E-state index contributed by atoms with van der Waals surface area (Å²) in [6, 6.07) is 0. The topological polar surface area (TPSA) is 92.1 Å². The largest absolute Gasteiger partial charge is 0.326 e. The van der Waals surface area contributed by atoms with Crippen molar-refractivity contribution in [2.75, 3.05) is 13.1 Å². The van der Waals surface area contributed by atoms with Gasteiger partial charge >= 0.3 is 0 Å². The molecule has 0 amide bonds. The third-order valence-corrected chi connectivity index (χ3v) is 5.49. The number of hydrogen-bond acceptors (Lipinski definition) is 4. The molecule has 1 heterocycles. The smallest absolute Gasteiger partial charge is 0.260 e. The minimum absolute atomic E-state index is 0.145. The average molecular weight is 272 g/mol. The molecular formula is C11H20N4O2S. The van der Waals surface area contributed by atoms with Crippen LogP contribution < -0.4 is 5.73 Å². The van der Waals surface area contributed by atoms with Crippen LogP contribution in [-0.4, -0.2) is 36.0 Å². The Morgan fingerprint density at radius 3 is 2.78 bits per heavy atom. The molecule has 0 unspecified atom stereocenters. The van der Waals surface area contributed by atoms with Crippen LogP contribution >= 0.6 is 0 Å². The number of nitrogens with one attached hydrogen (secondary N) is 1. The Labute approximate surface area is 108 Å². The van der Waals surface area contributed by atoms with Crippen molar-refractivity contribution in [3.8, 4) is 0 Å². The van der Waals surface area contributed by atoms with Gasteiger partial charge in [0.1, 0.15) is 0 Å². The van der Waals surface area contributed by atoms with Crippen LogP contribution in [0.15, 0.2) is 11.2 Å². The number of H-pyrrole nitrogens is 1. The molecule has 1 fully saturated rings.